The fourth-order valence-electron chi connectivity index (χ4n) is 4.15. The van der Waals surface area contributed by atoms with Gasteiger partial charge < -0.3 is 10.2 Å². The SMILES string of the molecule is CCCC(C)NC(=O)c1cc(S(=O)(=O)N2CCCCC2)ccc1N1CCCC1. The number of anilines is 1. The molecular formula is C21H33N3O3S. The molecule has 7 heteroatoms. The normalized spacial score (nSPS) is 19.6. The highest BCUT2D eigenvalue weighted by atomic mass is 32.2. The largest absolute Gasteiger partial charge is 0.371 e. The van der Waals surface area contributed by atoms with Gasteiger partial charge in [-0.25, -0.2) is 8.42 Å². The molecule has 0 bridgehead atoms. The first-order chi connectivity index (χ1) is 13.4. The zero-order valence-electron chi connectivity index (χ0n) is 17.1. The maximum Gasteiger partial charge on any atom is 0.253 e. The predicted octanol–water partition coefficient (Wildman–Crippen LogP) is 3.38. The van der Waals surface area contributed by atoms with E-state index in [0.717, 1.165) is 63.7 Å². The molecule has 2 fully saturated rings. The van der Waals surface area contributed by atoms with Crippen LogP contribution in [0.2, 0.25) is 0 Å². The lowest BCUT2D eigenvalue weighted by Gasteiger charge is -2.27. The van der Waals surface area contributed by atoms with Crippen molar-refractivity contribution in [1.29, 1.82) is 0 Å². The zero-order valence-corrected chi connectivity index (χ0v) is 17.9. The second-order valence-electron chi connectivity index (χ2n) is 8.00. The molecule has 1 N–H and O–H groups in total. The van der Waals surface area contributed by atoms with E-state index in [2.05, 4.69) is 17.1 Å². The number of nitrogens with one attached hydrogen (secondary N) is 1. The Morgan fingerprint density at radius 2 is 1.71 bits per heavy atom. The van der Waals surface area contributed by atoms with Crippen molar-refractivity contribution in [2.45, 2.75) is 69.7 Å². The van der Waals surface area contributed by atoms with Crippen molar-refractivity contribution in [1.82, 2.24) is 9.62 Å². The molecule has 1 atom stereocenters. The van der Waals surface area contributed by atoms with E-state index in [4.69, 9.17) is 0 Å². The van der Waals surface area contributed by atoms with Gasteiger partial charge in [-0.05, 0) is 57.2 Å². The molecule has 2 aliphatic rings. The van der Waals surface area contributed by atoms with Crippen LogP contribution >= 0.6 is 0 Å². The van der Waals surface area contributed by atoms with Crippen molar-refractivity contribution < 1.29 is 13.2 Å². The Morgan fingerprint density at radius 1 is 1.07 bits per heavy atom. The van der Waals surface area contributed by atoms with Gasteiger partial charge in [0.2, 0.25) is 10.0 Å². The quantitative estimate of drug-likeness (QED) is 0.752. The molecule has 0 spiro atoms. The number of hydrogen-bond donors (Lipinski definition) is 1. The summed E-state index contributed by atoms with van der Waals surface area (Å²) in [4.78, 5) is 15.4. The van der Waals surface area contributed by atoms with E-state index in [-0.39, 0.29) is 16.8 Å². The van der Waals surface area contributed by atoms with Crippen LogP contribution in [0, 0.1) is 0 Å². The molecule has 2 heterocycles. The van der Waals surface area contributed by atoms with E-state index in [1.165, 1.54) is 0 Å². The van der Waals surface area contributed by atoms with Gasteiger partial charge in [0.05, 0.1) is 10.5 Å². The Labute approximate surface area is 169 Å². The molecule has 2 saturated heterocycles. The average molecular weight is 408 g/mol. The molecule has 28 heavy (non-hydrogen) atoms. The summed E-state index contributed by atoms with van der Waals surface area (Å²) in [5.74, 6) is -0.182. The van der Waals surface area contributed by atoms with Crippen LogP contribution < -0.4 is 10.2 Å². The lowest BCUT2D eigenvalue weighted by Crippen LogP contribution is -2.36. The summed E-state index contributed by atoms with van der Waals surface area (Å²) < 4.78 is 27.8. The van der Waals surface area contributed by atoms with Crippen molar-refractivity contribution in [3.05, 3.63) is 23.8 Å². The topological polar surface area (TPSA) is 69.7 Å². The Morgan fingerprint density at radius 3 is 2.36 bits per heavy atom. The monoisotopic (exact) mass is 407 g/mol. The van der Waals surface area contributed by atoms with Crippen LogP contribution in [0.1, 0.15) is 69.2 Å². The number of piperidine rings is 1. The van der Waals surface area contributed by atoms with Crippen molar-refractivity contribution in [3.8, 4) is 0 Å². The van der Waals surface area contributed by atoms with Crippen molar-refractivity contribution in [2.24, 2.45) is 0 Å². The molecule has 0 aromatic heterocycles. The summed E-state index contributed by atoms with van der Waals surface area (Å²) in [6.45, 7) is 7.01. The Balaban J connectivity index is 1.93. The standard InChI is InChI=1S/C21H33N3O3S/c1-3-9-17(2)22-21(25)19-16-18(10-11-20(19)23-12-7-8-13-23)28(26,27)24-14-5-4-6-15-24/h10-11,16-17H,3-9,12-15H2,1-2H3,(H,22,25). The van der Waals surface area contributed by atoms with E-state index in [1.807, 2.05) is 13.0 Å². The number of nitrogens with zero attached hydrogens (tertiary/aromatic N) is 2. The minimum Gasteiger partial charge on any atom is -0.371 e. The van der Waals surface area contributed by atoms with E-state index in [0.29, 0.717) is 18.7 Å². The van der Waals surface area contributed by atoms with Gasteiger partial charge in [-0.3, -0.25) is 4.79 Å². The molecule has 2 aliphatic heterocycles. The molecule has 1 amide bonds. The first-order valence-corrected chi connectivity index (χ1v) is 12.1. The smallest absolute Gasteiger partial charge is 0.253 e. The highest BCUT2D eigenvalue weighted by Gasteiger charge is 2.29. The van der Waals surface area contributed by atoms with E-state index < -0.39 is 10.0 Å². The van der Waals surface area contributed by atoms with E-state index in [9.17, 15) is 13.2 Å². The van der Waals surface area contributed by atoms with Crippen LogP contribution in [0.3, 0.4) is 0 Å². The third-order valence-electron chi connectivity index (χ3n) is 5.71. The number of rotatable bonds is 7. The van der Waals surface area contributed by atoms with E-state index >= 15 is 0 Å². The van der Waals surface area contributed by atoms with Crippen molar-refractivity contribution in [2.75, 3.05) is 31.1 Å². The van der Waals surface area contributed by atoms with Gasteiger partial charge in [0.25, 0.3) is 5.91 Å². The first-order valence-electron chi connectivity index (χ1n) is 10.6. The van der Waals surface area contributed by atoms with Gasteiger partial charge in [0, 0.05) is 37.9 Å². The molecule has 0 aliphatic carbocycles. The summed E-state index contributed by atoms with van der Waals surface area (Å²) in [6, 6.07) is 5.14. The number of carbonyl (C=O) groups is 1. The number of benzene rings is 1. The maximum atomic E-state index is 13.1. The molecule has 0 radical (unpaired) electrons. The molecule has 1 aromatic rings. The molecule has 0 saturated carbocycles. The minimum absolute atomic E-state index is 0.0614. The summed E-state index contributed by atoms with van der Waals surface area (Å²) in [7, 11) is -3.56. The average Bonchev–Trinajstić information content (AvgIpc) is 3.23. The maximum absolute atomic E-state index is 13.1. The fourth-order valence-corrected chi connectivity index (χ4v) is 5.70. The highest BCUT2D eigenvalue weighted by molar-refractivity contribution is 7.89. The predicted molar refractivity (Wildman–Crippen MR) is 112 cm³/mol. The number of amides is 1. The van der Waals surface area contributed by atoms with Crippen LogP contribution in [0.15, 0.2) is 23.1 Å². The van der Waals surface area contributed by atoms with Crippen LogP contribution in [0.4, 0.5) is 5.69 Å². The van der Waals surface area contributed by atoms with Crippen LogP contribution in [-0.4, -0.2) is 50.9 Å². The summed E-state index contributed by atoms with van der Waals surface area (Å²) in [5.41, 5.74) is 1.32. The highest BCUT2D eigenvalue weighted by Crippen LogP contribution is 2.29. The summed E-state index contributed by atoms with van der Waals surface area (Å²) in [5, 5.41) is 3.05. The van der Waals surface area contributed by atoms with Crippen LogP contribution in [-0.2, 0) is 10.0 Å². The Hall–Kier alpha value is -1.60. The number of sulfonamides is 1. The fraction of sp³-hybridized carbons (Fsp3) is 0.667. The molecular weight excluding hydrogens is 374 g/mol. The first kappa shape index (κ1) is 21.1. The molecule has 6 nitrogen and oxygen atoms in total. The lowest BCUT2D eigenvalue weighted by atomic mass is 10.1. The van der Waals surface area contributed by atoms with Gasteiger partial charge in [0.1, 0.15) is 0 Å². The van der Waals surface area contributed by atoms with Crippen LogP contribution in [0.25, 0.3) is 0 Å². The number of hydrogen-bond acceptors (Lipinski definition) is 4. The number of carbonyl (C=O) groups excluding carboxylic acids is 1. The van der Waals surface area contributed by atoms with Gasteiger partial charge in [-0.2, -0.15) is 4.31 Å². The Bertz CT molecular complexity index is 782. The molecule has 1 unspecified atom stereocenters. The van der Waals surface area contributed by atoms with Gasteiger partial charge >= 0.3 is 0 Å². The molecule has 156 valence electrons. The third-order valence-corrected chi connectivity index (χ3v) is 7.61. The van der Waals surface area contributed by atoms with Crippen molar-refractivity contribution in [3.63, 3.8) is 0 Å². The Kier molecular flexibility index (Phi) is 6.99. The van der Waals surface area contributed by atoms with E-state index in [1.54, 1.807) is 16.4 Å². The minimum atomic E-state index is -3.56. The third kappa shape index (κ3) is 4.69. The second kappa shape index (κ2) is 9.27. The summed E-state index contributed by atoms with van der Waals surface area (Å²) in [6.07, 6.45) is 6.95. The second-order valence-corrected chi connectivity index (χ2v) is 9.94. The molecule has 3 rings (SSSR count). The summed E-state index contributed by atoms with van der Waals surface area (Å²) >= 11 is 0. The molecule has 1 aromatic carbocycles. The van der Waals surface area contributed by atoms with Crippen LogP contribution in [0.5, 0.6) is 0 Å². The van der Waals surface area contributed by atoms with Gasteiger partial charge in [-0.1, -0.05) is 19.8 Å². The van der Waals surface area contributed by atoms with Gasteiger partial charge in [-0.15, -0.1) is 0 Å². The lowest BCUT2D eigenvalue weighted by molar-refractivity contribution is 0.0938. The zero-order chi connectivity index (χ0) is 20.1. The van der Waals surface area contributed by atoms with Crippen molar-refractivity contribution >= 4 is 21.6 Å². The van der Waals surface area contributed by atoms with Gasteiger partial charge in [0.15, 0.2) is 0 Å².